The van der Waals surface area contributed by atoms with Gasteiger partial charge in [-0.15, -0.1) is 0 Å². The van der Waals surface area contributed by atoms with Crippen LogP contribution in [0.25, 0.3) is 0 Å². The first-order valence-corrected chi connectivity index (χ1v) is 8.66. The van der Waals surface area contributed by atoms with E-state index in [2.05, 4.69) is 5.10 Å². The Labute approximate surface area is 158 Å². The van der Waals surface area contributed by atoms with Gasteiger partial charge in [0.15, 0.2) is 6.61 Å². The third kappa shape index (κ3) is 2.82. The highest BCUT2D eigenvalue weighted by atomic mass is 16.6. The average molecular weight is 384 g/mol. The van der Waals surface area contributed by atoms with E-state index < -0.39 is 29.3 Å². The van der Waals surface area contributed by atoms with Crippen LogP contribution in [0.15, 0.2) is 35.5 Å². The minimum absolute atomic E-state index is 0.0546. The Morgan fingerprint density at radius 2 is 1.93 bits per heavy atom. The van der Waals surface area contributed by atoms with E-state index in [9.17, 15) is 24.5 Å². The first-order valence-electron chi connectivity index (χ1n) is 8.66. The number of allylic oxidation sites excluding steroid dienone is 2. The minimum atomic E-state index is -0.720. The monoisotopic (exact) mass is 384 g/mol. The average Bonchev–Trinajstić information content (AvgIpc) is 3.33. The topological polar surface area (TPSA) is 145 Å². The summed E-state index contributed by atoms with van der Waals surface area (Å²) in [6, 6.07) is 3.68. The summed E-state index contributed by atoms with van der Waals surface area (Å²) >= 11 is 0. The van der Waals surface area contributed by atoms with Gasteiger partial charge < -0.3 is 10.5 Å². The summed E-state index contributed by atoms with van der Waals surface area (Å²) in [5.41, 5.74) is 4.97. The minimum Gasteiger partial charge on any atom is -0.483 e. The molecule has 3 aliphatic rings. The van der Waals surface area contributed by atoms with E-state index in [1.807, 2.05) is 12.2 Å². The highest BCUT2D eigenvalue weighted by Gasteiger charge is 2.59. The molecule has 10 nitrogen and oxygen atoms in total. The van der Waals surface area contributed by atoms with Crippen molar-refractivity contribution >= 4 is 29.6 Å². The summed E-state index contributed by atoms with van der Waals surface area (Å²) in [5, 5.41) is 15.8. The third-order valence-corrected chi connectivity index (χ3v) is 5.33. The number of nitrogens with zero attached hydrogens (tertiary/aromatic N) is 3. The Hall–Kier alpha value is -3.56. The van der Waals surface area contributed by atoms with E-state index in [-0.39, 0.29) is 40.7 Å². The van der Waals surface area contributed by atoms with Gasteiger partial charge in [-0.05, 0) is 24.3 Å². The second kappa shape index (κ2) is 6.55. The quantitative estimate of drug-likeness (QED) is 0.250. The molecule has 1 saturated heterocycles. The van der Waals surface area contributed by atoms with Crippen molar-refractivity contribution in [3.63, 3.8) is 0 Å². The first-order chi connectivity index (χ1) is 13.4. The maximum absolute atomic E-state index is 12.6. The molecule has 0 aromatic heterocycles. The molecule has 0 spiro atoms. The molecule has 28 heavy (non-hydrogen) atoms. The van der Waals surface area contributed by atoms with Crippen LogP contribution in [-0.4, -0.2) is 40.5 Å². The van der Waals surface area contributed by atoms with Gasteiger partial charge in [0.25, 0.3) is 23.4 Å². The maximum Gasteiger partial charge on any atom is 0.270 e. The molecule has 1 heterocycles. The van der Waals surface area contributed by atoms with Gasteiger partial charge in [0, 0.05) is 17.7 Å². The van der Waals surface area contributed by atoms with E-state index in [1.54, 1.807) is 0 Å². The molecule has 1 aromatic rings. The van der Waals surface area contributed by atoms with Gasteiger partial charge in [0.1, 0.15) is 5.75 Å². The van der Waals surface area contributed by atoms with Crippen LogP contribution in [0.2, 0.25) is 0 Å². The number of benzene rings is 1. The molecular formula is C18H16N4O6. The summed E-state index contributed by atoms with van der Waals surface area (Å²) in [4.78, 5) is 46.6. The third-order valence-electron chi connectivity index (χ3n) is 5.33. The SMILES string of the molecule is NC(=O)COc1ccc([N+](=O)[O-])cc1C=NN1C(=O)[C@@H]2[C@H](C1=O)[C@H]1C=C[C@H]2C1. The van der Waals surface area contributed by atoms with Crippen molar-refractivity contribution < 1.29 is 24.0 Å². The molecular weight excluding hydrogens is 368 g/mol. The van der Waals surface area contributed by atoms with Crippen molar-refractivity contribution in [3.05, 3.63) is 46.0 Å². The highest BCUT2D eigenvalue weighted by molar-refractivity contribution is 6.07. The molecule has 144 valence electrons. The molecule has 1 aromatic carbocycles. The molecule has 1 saturated carbocycles. The fraction of sp³-hybridized carbons (Fsp3) is 0.333. The normalized spacial score (nSPS) is 27.6. The molecule has 1 aliphatic heterocycles. The standard InChI is InChI=1S/C18H16N4O6/c19-14(23)8-28-13-4-3-12(22(26)27)6-11(13)7-20-21-17(24)15-9-1-2-10(5-9)16(15)18(21)25/h1-4,6-7,9-10,15-16H,5,8H2,(H2,19,23)/t9-,10-,15-,16+/m0/s1. The van der Waals surface area contributed by atoms with Gasteiger partial charge in [-0.25, -0.2) is 0 Å². The Bertz CT molecular complexity index is 925. The number of ether oxygens (including phenoxy) is 1. The van der Waals surface area contributed by atoms with Crippen molar-refractivity contribution in [1.82, 2.24) is 5.01 Å². The van der Waals surface area contributed by atoms with Gasteiger partial charge in [-0.2, -0.15) is 10.1 Å². The Morgan fingerprint density at radius 1 is 1.29 bits per heavy atom. The zero-order valence-corrected chi connectivity index (χ0v) is 14.6. The van der Waals surface area contributed by atoms with E-state index in [1.165, 1.54) is 18.2 Å². The lowest BCUT2D eigenvalue weighted by molar-refractivity contribution is -0.384. The number of hydrogen-bond acceptors (Lipinski definition) is 7. The van der Waals surface area contributed by atoms with Gasteiger partial charge in [-0.1, -0.05) is 12.2 Å². The summed E-state index contributed by atoms with van der Waals surface area (Å²) in [7, 11) is 0. The number of nitro groups is 1. The Morgan fingerprint density at radius 3 is 2.50 bits per heavy atom. The number of hydrogen-bond donors (Lipinski definition) is 1. The number of non-ortho nitro benzene ring substituents is 1. The van der Waals surface area contributed by atoms with Gasteiger partial charge in [0.2, 0.25) is 0 Å². The van der Waals surface area contributed by atoms with Gasteiger partial charge in [0.05, 0.1) is 23.0 Å². The fourth-order valence-electron chi connectivity index (χ4n) is 4.15. The first kappa shape index (κ1) is 17.8. The van der Waals surface area contributed by atoms with Crippen LogP contribution in [0, 0.1) is 33.8 Å². The summed E-state index contributed by atoms with van der Waals surface area (Å²) in [5.74, 6) is -2.01. The molecule has 3 amide bonds. The number of fused-ring (bicyclic) bond motifs is 5. The molecule has 2 fully saturated rings. The molecule has 0 radical (unpaired) electrons. The molecule has 0 unspecified atom stereocenters. The van der Waals surface area contributed by atoms with Crippen molar-refractivity contribution in [1.29, 1.82) is 0 Å². The predicted molar refractivity (Wildman–Crippen MR) is 94.9 cm³/mol. The van der Waals surface area contributed by atoms with Crippen LogP contribution >= 0.6 is 0 Å². The number of hydrazone groups is 1. The number of primary amides is 1. The molecule has 2 aliphatic carbocycles. The fourth-order valence-corrected chi connectivity index (χ4v) is 4.15. The van der Waals surface area contributed by atoms with Crippen molar-refractivity contribution in [2.24, 2.45) is 34.5 Å². The number of rotatable bonds is 6. The molecule has 10 heteroatoms. The van der Waals surface area contributed by atoms with Crippen LogP contribution in [-0.2, 0) is 14.4 Å². The number of amides is 3. The van der Waals surface area contributed by atoms with Crippen LogP contribution in [0.1, 0.15) is 12.0 Å². The summed E-state index contributed by atoms with van der Waals surface area (Å²) < 4.78 is 5.23. The highest BCUT2D eigenvalue weighted by Crippen LogP contribution is 2.52. The van der Waals surface area contributed by atoms with Crippen LogP contribution < -0.4 is 10.5 Å². The summed E-state index contributed by atoms with van der Waals surface area (Å²) in [6.45, 7) is -0.431. The lowest BCUT2D eigenvalue weighted by Crippen LogP contribution is -2.28. The second-order valence-electron chi connectivity index (χ2n) is 6.97. The number of imide groups is 1. The second-order valence-corrected chi connectivity index (χ2v) is 6.97. The van der Waals surface area contributed by atoms with Crippen LogP contribution in [0.5, 0.6) is 5.75 Å². The zero-order valence-electron chi connectivity index (χ0n) is 14.6. The van der Waals surface area contributed by atoms with Gasteiger partial charge in [-0.3, -0.25) is 24.5 Å². The van der Waals surface area contributed by atoms with Crippen molar-refractivity contribution in [2.75, 3.05) is 6.61 Å². The van der Waals surface area contributed by atoms with Crippen molar-refractivity contribution in [2.45, 2.75) is 6.42 Å². The maximum atomic E-state index is 12.6. The smallest absolute Gasteiger partial charge is 0.270 e. The van der Waals surface area contributed by atoms with E-state index in [4.69, 9.17) is 10.5 Å². The lowest BCUT2D eigenvalue weighted by atomic mass is 9.85. The van der Waals surface area contributed by atoms with E-state index in [0.29, 0.717) is 0 Å². The van der Waals surface area contributed by atoms with E-state index >= 15 is 0 Å². The Kier molecular flexibility index (Phi) is 4.17. The molecule has 4 rings (SSSR count). The molecule has 4 atom stereocenters. The Balaban J connectivity index is 1.61. The van der Waals surface area contributed by atoms with Gasteiger partial charge >= 0.3 is 0 Å². The van der Waals surface area contributed by atoms with Crippen LogP contribution in [0.4, 0.5) is 5.69 Å². The van der Waals surface area contributed by atoms with Crippen LogP contribution in [0.3, 0.4) is 0 Å². The van der Waals surface area contributed by atoms with E-state index in [0.717, 1.165) is 17.6 Å². The summed E-state index contributed by atoms with van der Waals surface area (Å²) in [6.07, 6.45) is 5.90. The lowest BCUT2D eigenvalue weighted by Gasteiger charge is -2.13. The number of nitro benzene ring substituents is 1. The van der Waals surface area contributed by atoms with Crippen molar-refractivity contribution in [3.8, 4) is 5.75 Å². The zero-order chi connectivity index (χ0) is 20.0. The predicted octanol–water partition coefficient (Wildman–Crippen LogP) is 0.600. The number of carbonyl (C=O) groups excluding carboxylic acids is 3. The largest absolute Gasteiger partial charge is 0.483 e. The molecule has 2 bridgehead atoms. The number of carbonyl (C=O) groups is 3. The molecule has 2 N–H and O–H groups in total. The number of nitrogens with two attached hydrogens (primary N) is 1.